The first-order valence-corrected chi connectivity index (χ1v) is 7.16. The second-order valence-corrected chi connectivity index (χ2v) is 5.11. The molecule has 0 aliphatic carbocycles. The summed E-state index contributed by atoms with van der Waals surface area (Å²) in [5.74, 6) is -0.213. The molecule has 0 saturated carbocycles. The largest absolute Gasteiger partial charge is 0.323 e. The molecule has 0 saturated heterocycles. The number of benzene rings is 2. The van der Waals surface area contributed by atoms with Crippen molar-refractivity contribution in [2.75, 3.05) is 5.32 Å². The van der Waals surface area contributed by atoms with Gasteiger partial charge in [-0.1, -0.05) is 23.7 Å². The molecule has 1 amide bonds. The standard InChI is InChI=1S/C16H12ClN5O/c17-13-4-1-12(2-5-13)3-10-16(23)19-14-6-8-15(9-7-14)22-11-18-20-21-22/h1-11H,(H,19,23). The third-order valence-corrected chi connectivity index (χ3v) is 3.30. The van der Waals surface area contributed by atoms with Crippen LogP contribution in [0.3, 0.4) is 0 Å². The maximum Gasteiger partial charge on any atom is 0.248 e. The van der Waals surface area contributed by atoms with Crippen molar-refractivity contribution in [1.29, 1.82) is 0 Å². The molecule has 2 aromatic carbocycles. The van der Waals surface area contributed by atoms with E-state index in [0.717, 1.165) is 11.3 Å². The number of anilines is 1. The van der Waals surface area contributed by atoms with E-state index < -0.39 is 0 Å². The maximum atomic E-state index is 11.9. The number of hydrogen-bond acceptors (Lipinski definition) is 4. The fourth-order valence-corrected chi connectivity index (χ4v) is 2.03. The Kier molecular flexibility index (Phi) is 4.44. The van der Waals surface area contributed by atoms with Gasteiger partial charge in [0.25, 0.3) is 0 Å². The van der Waals surface area contributed by atoms with E-state index in [-0.39, 0.29) is 5.91 Å². The van der Waals surface area contributed by atoms with Crippen LogP contribution in [0.2, 0.25) is 5.02 Å². The lowest BCUT2D eigenvalue weighted by molar-refractivity contribution is -0.111. The zero-order valence-electron chi connectivity index (χ0n) is 11.9. The number of nitrogens with zero attached hydrogens (tertiary/aromatic N) is 4. The molecule has 0 spiro atoms. The molecule has 0 aliphatic rings. The smallest absolute Gasteiger partial charge is 0.248 e. The quantitative estimate of drug-likeness (QED) is 0.748. The van der Waals surface area contributed by atoms with E-state index >= 15 is 0 Å². The molecular formula is C16H12ClN5O. The first-order chi connectivity index (χ1) is 11.2. The van der Waals surface area contributed by atoms with Crippen molar-refractivity contribution in [3.63, 3.8) is 0 Å². The molecule has 0 atom stereocenters. The van der Waals surface area contributed by atoms with E-state index in [2.05, 4.69) is 20.8 Å². The van der Waals surface area contributed by atoms with Crippen LogP contribution >= 0.6 is 11.6 Å². The van der Waals surface area contributed by atoms with Gasteiger partial charge in [0, 0.05) is 16.8 Å². The average Bonchev–Trinajstić information content (AvgIpc) is 3.09. The van der Waals surface area contributed by atoms with Gasteiger partial charge in [-0.25, -0.2) is 4.68 Å². The van der Waals surface area contributed by atoms with Crippen LogP contribution in [-0.4, -0.2) is 26.1 Å². The van der Waals surface area contributed by atoms with Crippen LogP contribution in [0.25, 0.3) is 11.8 Å². The Labute approximate surface area is 137 Å². The van der Waals surface area contributed by atoms with Gasteiger partial charge in [0.05, 0.1) is 5.69 Å². The number of rotatable bonds is 4. The van der Waals surface area contributed by atoms with Crippen molar-refractivity contribution < 1.29 is 4.79 Å². The summed E-state index contributed by atoms with van der Waals surface area (Å²) in [7, 11) is 0. The molecule has 0 fully saturated rings. The highest BCUT2D eigenvalue weighted by molar-refractivity contribution is 6.30. The Hall–Kier alpha value is -2.99. The molecule has 7 heteroatoms. The van der Waals surface area contributed by atoms with Crippen molar-refractivity contribution >= 4 is 29.3 Å². The molecule has 3 aromatic rings. The second kappa shape index (κ2) is 6.85. The summed E-state index contributed by atoms with van der Waals surface area (Å²) in [6.07, 6.45) is 4.70. The predicted octanol–water partition coefficient (Wildman–Crippen LogP) is 2.97. The topological polar surface area (TPSA) is 72.7 Å². The minimum absolute atomic E-state index is 0.213. The van der Waals surface area contributed by atoms with Crippen LogP contribution in [0.1, 0.15) is 5.56 Å². The van der Waals surface area contributed by atoms with E-state index in [1.807, 2.05) is 24.3 Å². The molecule has 3 rings (SSSR count). The summed E-state index contributed by atoms with van der Waals surface area (Å²) in [6, 6.07) is 14.4. The van der Waals surface area contributed by atoms with Crippen LogP contribution in [0, 0.1) is 0 Å². The van der Waals surface area contributed by atoms with Crippen LogP contribution in [0.15, 0.2) is 60.9 Å². The van der Waals surface area contributed by atoms with Gasteiger partial charge in [0.1, 0.15) is 6.33 Å². The van der Waals surface area contributed by atoms with Gasteiger partial charge < -0.3 is 5.32 Å². The van der Waals surface area contributed by atoms with Crippen molar-refractivity contribution in [2.45, 2.75) is 0 Å². The van der Waals surface area contributed by atoms with Gasteiger partial charge in [-0.05, 0) is 58.5 Å². The zero-order chi connectivity index (χ0) is 16.1. The fraction of sp³-hybridized carbons (Fsp3) is 0. The molecule has 1 N–H and O–H groups in total. The van der Waals surface area contributed by atoms with Crippen molar-refractivity contribution in [2.24, 2.45) is 0 Å². The van der Waals surface area contributed by atoms with E-state index in [1.165, 1.54) is 17.1 Å². The number of carbonyl (C=O) groups is 1. The van der Waals surface area contributed by atoms with E-state index in [0.29, 0.717) is 10.7 Å². The number of hydrogen-bond donors (Lipinski definition) is 1. The molecule has 0 aliphatic heterocycles. The minimum atomic E-state index is -0.213. The van der Waals surface area contributed by atoms with E-state index in [4.69, 9.17) is 11.6 Å². The van der Waals surface area contributed by atoms with E-state index in [9.17, 15) is 4.79 Å². The highest BCUT2D eigenvalue weighted by Crippen LogP contribution is 2.13. The molecule has 1 heterocycles. The number of nitrogens with one attached hydrogen (secondary N) is 1. The van der Waals surface area contributed by atoms with Crippen LogP contribution < -0.4 is 5.32 Å². The predicted molar refractivity (Wildman–Crippen MR) is 88.3 cm³/mol. The number of tetrazole rings is 1. The first-order valence-electron chi connectivity index (χ1n) is 6.79. The summed E-state index contributed by atoms with van der Waals surface area (Å²) in [6.45, 7) is 0. The number of aromatic nitrogens is 4. The first kappa shape index (κ1) is 14.9. The highest BCUT2D eigenvalue weighted by Gasteiger charge is 2.00. The Bertz CT molecular complexity index is 811. The molecule has 0 radical (unpaired) electrons. The molecular weight excluding hydrogens is 314 g/mol. The maximum absolute atomic E-state index is 11.9. The van der Waals surface area contributed by atoms with Gasteiger partial charge in [-0.15, -0.1) is 5.10 Å². The molecule has 0 unspecified atom stereocenters. The van der Waals surface area contributed by atoms with Crippen molar-refractivity contribution in [3.8, 4) is 5.69 Å². The monoisotopic (exact) mass is 325 g/mol. The molecule has 0 bridgehead atoms. The Balaban J connectivity index is 1.62. The number of halogens is 1. The normalized spacial score (nSPS) is 10.8. The lowest BCUT2D eigenvalue weighted by Gasteiger charge is -2.04. The molecule has 6 nitrogen and oxygen atoms in total. The van der Waals surface area contributed by atoms with Gasteiger partial charge in [-0.3, -0.25) is 4.79 Å². The third-order valence-electron chi connectivity index (χ3n) is 3.05. The Morgan fingerprint density at radius 1 is 1.09 bits per heavy atom. The molecule has 114 valence electrons. The average molecular weight is 326 g/mol. The third kappa shape index (κ3) is 4.02. The lowest BCUT2D eigenvalue weighted by Crippen LogP contribution is -2.07. The molecule has 23 heavy (non-hydrogen) atoms. The second-order valence-electron chi connectivity index (χ2n) is 4.68. The van der Waals surface area contributed by atoms with Crippen molar-refractivity contribution in [3.05, 3.63) is 71.5 Å². The minimum Gasteiger partial charge on any atom is -0.323 e. The summed E-state index contributed by atoms with van der Waals surface area (Å²) in [4.78, 5) is 11.9. The zero-order valence-corrected chi connectivity index (χ0v) is 12.7. The van der Waals surface area contributed by atoms with E-state index in [1.54, 1.807) is 30.3 Å². The molecule has 1 aromatic heterocycles. The van der Waals surface area contributed by atoms with Gasteiger partial charge >= 0.3 is 0 Å². The number of carbonyl (C=O) groups excluding carboxylic acids is 1. The van der Waals surface area contributed by atoms with Crippen molar-refractivity contribution in [1.82, 2.24) is 20.2 Å². The summed E-state index contributed by atoms with van der Waals surface area (Å²) in [5, 5.41) is 14.4. The van der Waals surface area contributed by atoms with Gasteiger partial charge in [0.2, 0.25) is 5.91 Å². The van der Waals surface area contributed by atoms with Crippen LogP contribution in [0.4, 0.5) is 5.69 Å². The Morgan fingerprint density at radius 2 is 1.83 bits per heavy atom. The summed E-state index contributed by atoms with van der Waals surface area (Å²) < 4.78 is 1.53. The lowest BCUT2D eigenvalue weighted by atomic mass is 10.2. The SMILES string of the molecule is O=C(C=Cc1ccc(Cl)cc1)Nc1ccc(-n2cnnn2)cc1. The van der Waals surface area contributed by atoms with Crippen LogP contribution in [-0.2, 0) is 4.79 Å². The Morgan fingerprint density at radius 3 is 2.48 bits per heavy atom. The van der Waals surface area contributed by atoms with Gasteiger partial charge in [0.15, 0.2) is 0 Å². The van der Waals surface area contributed by atoms with Gasteiger partial charge in [-0.2, -0.15) is 0 Å². The van der Waals surface area contributed by atoms with Crippen LogP contribution in [0.5, 0.6) is 0 Å². The number of amides is 1. The fourth-order valence-electron chi connectivity index (χ4n) is 1.91. The highest BCUT2D eigenvalue weighted by atomic mass is 35.5. The summed E-state index contributed by atoms with van der Waals surface area (Å²) in [5.41, 5.74) is 2.40. The summed E-state index contributed by atoms with van der Waals surface area (Å²) >= 11 is 5.81.